The molecular weight excluding hydrogens is 277 g/mol. The SMILES string of the molecule is CCCN(C)CCN(C)Cc1ccc(C)cc1C(F)(F)F. The third-order valence-electron chi connectivity index (χ3n) is 3.48. The highest BCUT2D eigenvalue weighted by molar-refractivity contribution is 5.33. The molecule has 0 heterocycles. The number of halogens is 3. The van der Waals surface area contributed by atoms with Crippen LogP contribution in [0.4, 0.5) is 13.2 Å². The Morgan fingerprint density at radius 3 is 2.19 bits per heavy atom. The maximum absolute atomic E-state index is 13.1. The lowest BCUT2D eigenvalue weighted by Crippen LogP contribution is -2.31. The molecule has 0 atom stereocenters. The Labute approximate surface area is 125 Å². The molecule has 1 aromatic rings. The van der Waals surface area contributed by atoms with Gasteiger partial charge in [0.05, 0.1) is 5.56 Å². The van der Waals surface area contributed by atoms with E-state index in [1.807, 2.05) is 19.0 Å². The molecule has 0 unspecified atom stereocenters. The van der Waals surface area contributed by atoms with E-state index in [0.717, 1.165) is 26.1 Å². The van der Waals surface area contributed by atoms with Crippen LogP contribution in [0.5, 0.6) is 0 Å². The van der Waals surface area contributed by atoms with Crippen LogP contribution in [0, 0.1) is 6.92 Å². The fraction of sp³-hybridized carbons (Fsp3) is 0.625. The van der Waals surface area contributed by atoms with Crippen molar-refractivity contribution in [2.24, 2.45) is 0 Å². The first-order valence-electron chi connectivity index (χ1n) is 7.27. The van der Waals surface area contributed by atoms with Crippen molar-refractivity contribution in [1.29, 1.82) is 0 Å². The molecule has 0 spiro atoms. The van der Waals surface area contributed by atoms with Gasteiger partial charge in [0.2, 0.25) is 0 Å². The zero-order chi connectivity index (χ0) is 16.0. The minimum absolute atomic E-state index is 0.315. The number of likely N-dealkylation sites (N-methyl/N-ethyl adjacent to an activating group) is 2. The van der Waals surface area contributed by atoms with Crippen molar-refractivity contribution in [2.75, 3.05) is 33.7 Å². The average Bonchev–Trinajstić information content (AvgIpc) is 2.38. The molecule has 0 bridgehead atoms. The molecule has 0 aliphatic carbocycles. The first kappa shape index (κ1) is 18.0. The number of hydrogen-bond acceptors (Lipinski definition) is 2. The van der Waals surface area contributed by atoms with Crippen molar-refractivity contribution in [3.05, 3.63) is 34.9 Å². The number of benzene rings is 1. The molecule has 0 saturated carbocycles. The highest BCUT2D eigenvalue weighted by Gasteiger charge is 2.33. The summed E-state index contributed by atoms with van der Waals surface area (Å²) in [6.45, 7) is 6.73. The number of nitrogens with zero attached hydrogens (tertiary/aromatic N) is 2. The van der Waals surface area contributed by atoms with Gasteiger partial charge in [-0.25, -0.2) is 0 Å². The Morgan fingerprint density at radius 1 is 1.00 bits per heavy atom. The molecular formula is C16H25F3N2. The van der Waals surface area contributed by atoms with Crippen molar-refractivity contribution < 1.29 is 13.2 Å². The van der Waals surface area contributed by atoms with Gasteiger partial charge in [-0.15, -0.1) is 0 Å². The molecule has 5 heteroatoms. The van der Waals surface area contributed by atoms with Crippen LogP contribution in [0.25, 0.3) is 0 Å². The standard InChI is InChI=1S/C16H25F3N2/c1-5-8-20(3)9-10-21(4)12-14-7-6-13(2)11-15(14)16(17,18)19/h6-7,11H,5,8-10,12H2,1-4H3. The van der Waals surface area contributed by atoms with E-state index in [9.17, 15) is 13.2 Å². The molecule has 1 aromatic carbocycles. The molecule has 2 nitrogen and oxygen atoms in total. The van der Waals surface area contributed by atoms with E-state index in [-0.39, 0.29) is 0 Å². The number of alkyl halides is 3. The van der Waals surface area contributed by atoms with Gasteiger partial charge in [-0.05, 0) is 45.6 Å². The molecule has 1 rings (SSSR count). The molecule has 0 saturated heterocycles. The van der Waals surface area contributed by atoms with Gasteiger partial charge in [0.15, 0.2) is 0 Å². The van der Waals surface area contributed by atoms with Crippen LogP contribution < -0.4 is 0 Å². The fourth-order valence-corrected chi connectivity index (χ4v) is 2.30. The second-order valence-corrected chi connectivity index (χ2v) is 5.70. The van der Waals surface area contributed by atoms with E-state index in [1.165, 1.54) is 6.07 Å². The Balaban J connectivity index is 2.70. The van der Waals surface area contributed by atoms with Crippen LogP contribution in [-0.2, 0) is 12.7 Å². The van der Waals surface area contributed by atoms with Crippen molar-refractivity contribution in [3.8, 4) is 0 Å². The molecule has 0 aliphatic rings. The third-order valence-corrected chi connectivity index (χ3v) is 3.48. The van der Waals surface area contributed by atoms with Crippen molar-refractivity contribution in [3.63, 3.8) is 0 Å². The maximum Gasteiger partial charge on any atom is 0.416 e. The minimum Gasteiger partial charge on any atom is -0.305 e. The van der Waals surface area contributed by atoms with Crippen LogP contribution in [0.3, 0.4) is 0 Å². The second kappa shape index (κ2) is 7.80. The maximum atomic E-state index is 13.1. The summed E-state index contributed by atoms with van der Waals surface area (Å²) in [5.74, 6) is 0. The number of aryl methyl sites for hydroxylation is 1. The smallest absolute Gasteiger partial charge is 0.305 e. The summed E-state index contributed by atoms with van der Waals surface area (Å²) in [4.78, 5) is 4.13. The molecule has 0 aliphatic heterocycles. The topological polar surface area (TPSA) is 6.48 Å². The molecule has 21 heavy (non-hydrogen) atoms. The van der Waals surface area contributed by atoms with Gasteiger partial charge in [-0.2, -0.15) is 13.2 Å². The summed E-state index contributed by atoms with van der Waals surface area (Å²) in [5.41, 5.74) is 0.460. The van der Waals surface area contributed by atoms with Crippen LogP contribution in [0.2, 0.25) is 0 Å². The minimum atomic E-state index is -4.29. The summed E-state index contributed by atoms with van der Waals surface area (Å²) < 4.78 is 39.2. The summed E-state index contributed by atoms with van der Waals surface area (Å²) >= 11 is 0. The number of rotatable bonds is 7. The highest BCUT2D eigenvalue weighted by atomic mass is 19.4. The van der Waals surface area contributed by atoms with E-state index in [0.29, 0.717) is 17.7 Å². The van der Waals surface area contributed by atoms with Gasteiger partial charge in [0, 0.05) is 19.6 Å². The van der Waals surface area contributed by atoms with Gasteiger partial charge >= 0.3 is 6.18 Å². The van der Waals surface area contributed by atoms with Gasteiger partial charge in [-0.1, -0.05) is 24.6 Å². The van der Waals surface area contributed by atoms with E-state index >= 15 is 0 Å². The average molecular weight is 302 g/mol. The molecule has 0 aromatic heterocycles. The Morgan fingerprint density at radius 2 is 1.62 bits per heavy atom. The zero-order valence-electron chi connectivity index (χ0n) is 13.3. The fourth-order valence-electron chi connectivity index (χ4n) is 2.30. The van der Waals surface area contributed by atoms with Crippen LogP contribution in [0.15, 0.2) is 18.2 Å². The predicted octanol–water partition coefficient (Wildman–Crippen LogP) is 3.79. The quantitative estimate of drug-likeness (QED) is 0.756. The summed E-state index contributed by atoms with van der Waals surface area (Å²) in [6, 6.07) is 4.55. The first-order valence-corrected chi connectivity index (χ1v) is 7.27. The highest BCUT2D eigenvalue weighted by Crippen LogP contribution is 2.33. The van der Waals surface area contributed by atoms with Crippen molar-refractivity contribution in [1.82, 2.24) is 9.80 Å². The first-order chi connectivity index (χ1) is 9.74. The van der Waals surface area contributed by atoms with Crippen LogP contribution in [-0.4, -0.2) is 43.5 Å². The van der Waals surface area contributed by atoms with E-state index in [2.05, 4.69) is 11.8 Å². The molecule has 120 valence electrons. The van der Waals surface area contributed by atoms with E-state index in [1.54, 1.807) is 19.1 Å². The van der Waals surface area contributed by atoms with Crippen molar-refractivity contribution >= 4 is 0 Å². The van der Waals surface area contributed by atoms with Gasteiger partial charge < -0.3 is 9.80 Å². The molecule has 0 amide bonds. The Kier molecular flexibility index (Phi) is 6.68. The summed E-state index contributed by atoms with van der Waals surface area (Å²) in [7, 11) is 3.89. The summed E-state index contributed by atoms with van der Waals surface area (Å²) in [5, 5.41) is 0. The molecule has 0 fully saturated rings. The zero-order valence-corrected chi connectivity index (χ0v) is 13.3. The monoisotopic (exact) mass is 302 g/mol. The lowest BCUT2D eigenvalue weighted by Gasteiger charge is -2.23. The Hall–Kier alpha value is -1.07. The largest absolute Gasteiger partial charge is 0.416 e. The van der Waals surface area contributed by atoms with Crippen LogP contribution in [0.1, 0.15) is 30.0 Å². The predicted molar refractivity (Wildman–Crippen MR) is 80.3 cm³/mol. The molecule has 0 radical (unpaired) electrons. The van der Waals surface area contributed by atoms with Gasteiger partial charge in [0.1, 0.15) is 0 Å². The van der Waals surface area contributed by atoms with Gasteiger partial charge in [0.25, 0.3) is 0 Å². The van der Waals surface area contributed by atoms with Gasteiger partial charge in [-0.3, -0.25) is 0 Å². The lowest BCUT2D eigenvalue weighted by molar-refractivity contribution is -0.138. The normalized spacial score (nSPS) is 12.4. The number of hydrogen-bond donors (Lipinski definition) is 0. The third kappa shape index (κ3) is 6.06. The lowest BCUT2D eigenvalue weighted by atomic mass is 10.0. The van der Waals surface area contributed by atoms with Crippen LogP contribution >= 0.6 is 0 Å². The van der Waals surface area contributed by atoms with Crippen molar-refractivity contribution in [2.45, 2.75) is 33.0 Å². The van der Waals surface area contributed by atoms with E-state index in [4.69, 9.17) is 0 Å². The summed E-state index contributed by atoms with van der Waals surface area (Å²) in [6.07, 6.45) is -3.21. The van der Waals surface area contributed by atoms with E-state index < -0.39 is 11.7 Å². The molecule has 0 N–H and O–H groups in total. The Bertz CT molecular complexity index is 444. The second-order valence-electron chi connectivity index (χ2n) is 5.70.